The number of urea groups is 1. The topological polar surface area (TPSA) is 107 Å². The fourth-order valence-corrected chi connectivity index (χ4v) is 2.25. The summed E-state index contributed by atoms with van der Waals surface area (Å²) >= 11 is 0. The van der Waals surface area contributed by atoms with Crippen molar-refractivity contribution >= 4 is 12.0 Å². The molecule has 1 aromatic heterocycles. The van der Waals surface area contributed by atoms with Gasteiger partial charge in [-0.05, 0) is 19.3 Å². The van der Waals surface area contributed by atoms with Crippen LogP contribution in [-0.4, -0.2) is 39.2 Å². The molecule has 104 valence electrons. The van der Waals surface area contributed by atoms with E-state index in [1.165, 1.54) is 0 Å². The van der Waals surface area contributed by atoms with Crippen LogP contribution in [0.3, 0.4) is 0 Å². The number of hydrogen-bond acceptors (Lipinski definition) is 3. The predicted molar refractivity (Wildman–Crippen MR) is 67.7 cm³/mol. The van der Waals surface area contributed by atoms with Crippen LogP contribution >= 0.6 is 0 Å². The van der Waals surface area contributed by atoms with E-state index < -0.39 is 11.5 Å². The fourth-order valence-electron chi connectivity index (χ4n) is 2.25. The van der Waals surface area contributed by atoms with Gasteiger partial charge in [-0.2, -0.15) is 0 Å². The van der Waals surface area contributed by atoms with E-state index in [-0.39, 0.29) is 12.5 Å². The number of hydrogen-bond donors (Lipinski definition) is 4. The second kappa shape index (κ2) is 5.73. The van der Waals surface area contributed by atoms with Crippen molar-refractivity contribution in [2.75, 3.05) is 6.54 Å². The Hall–Kier alpha value is -2.05. The van der Waals surface area contributed by atoms with Gasteiger partial charge in [0.15, 0.2) is 0 Å². The number of nitrogens with one attached hydrogen (secondary N) is 3. The van der Waals surface area contributed by atoms with Gasteiger partial charge >= 0.3 is 12.0 Å². The number of carbonyl (C=O) groups excluding carboxylic acids is 1. The highest BCUT2D eigenvalue weighted by Crippen LogP contribution is 2.34. The lowest BCUT2D eigenvalue weighted by atomic mass is 9.74. The SMILES string of the molecule is O=C(O)CC1(NC(=O)NCCc2ncc[nH]2)CCC1. The molecule has 1 heterocycles. The van der Waals surface area contributed by atoms with Gasteiger partial charge < -0.3 is 20.7 Å². The first-order chi connectivity index (χ1) is 9.10. The maximum atomic E-state index is 11.7. The maximum absolute atomic E-state index is 11.7. The Morgan fingerprint density at radius 3 is 2.79 bits per heavy atom. The number of carboxylic acid groups (broad SMARTS) is 1. The standard InChI is InChI=1S/C12H18N4O3/c17-10(18)8-12(3-1-4-12)16-11(19)15-5-2-9-13-6-7-14-9/h6-7H,1-5,8H2,(H,13,14)(H,17,18)(H2,15,16,19). The molecule has 0 unspecified atom stereocenters. The highest BCUT2D eigenvalue weighted by Gasteiger charge is 2.40. The molecule has 4 N–H and O–H groups in total. The van der Waals surface area contributed by atoms with Crippen LogP contribution in [0.25, 0.3) is 0 Å². The summed E-state index contributed by atoms with van der Waals surface area (Å²) in [4.78, 5) is 29.5. The number of nitrogens with zero attached hydrogens (tertiary/aromatic N) is 1. The van der Waals surface area contributed by atoms with Gasteiger partial charge in [0.1, 0.15) is 5.82 Å². The van der Waals surface area contributed by atoms with E-state index in [9.17, 15) is 9.59 Å². The van der Waals surface area contributed by atoms with Crippen molar-refractivity contribution < 1.29 is 14.7 Å². The Balaban J connectivity index is 1.72. The zero-order valence-electron chi connectivity index (χ0n) is 10.6. The summed E-state index contributed by atoms with van der Waals surface area (Å²) in [6.07, 6.45) is 6.40. The van der Waals surface area contributed by atoms with E-state index in [0.717, 1.165) is 25.1 Å². The highest BCUT2D eigenvalue weighted by molar-refractivity contribution is 5.77. The van der Waals surface area contributed by atoms with Crippen molar-refractivity contribution in [3.8, 4) is 0 Å². The second-order valence-corrected chi connectivity index (χ2v) is 4.87. The Morgan fingerprint density at radius 2 is 2.26 bits per heavy atom. The molecule has 0 bridgehead atoms. The smallest absolute Gasteiger partial charge is 0.315 e. The predicted octanol–water partition coefficient (Wildman–Crippen LogP) is 0.649. The number of amides is 2. The number of carbonyl (C=O) groups is 2. The molecule has 1 aliphatic rings. The largest absolute Gasteiger partial charge is 0.481 e. The zero-order chi connectivity index (χ0) is 13.7. The van der Waals surface area contributed by atoms with Crippen LogP contribution < -0.4 is 10.6 Å². The number of aromatic amines is 1. The molecule has 7 nitrogen and oxygen atoms in total. The van der Waals surface area contributed by atoms with Crippen molar-refractivity contribution in [2.45, 2.75) is 37.6 Å². The summed E-state index contributed by atoms with van der Waals surface area (Å²) in [6, 6.07) is -0.312. The minimum Gasteiger partial charge on any atom is -0.481 e. The fraction of sp³-hybridized carbons (Fsp3) is 0.583. The van der Waals surface area contributed by atoms with Crippen LogP contribution in [0.1, 0.15) is 31.5 Å². The lowest BCUT2D eigenvalue weighted by Crippen LogP contribution is -2.57. The van der Waals surface area contributed by atoms with Gasteiger partial charge in [-0.25, -0.2) is 9.78 Å². The maximum Gasteiger partial charge on any atom is 0.315 e. The molecular weight excluding hydrogens is 248 g/mol. The van der Waals surface area contributed by atoms with Crippen LogP contribution in [0.5, 0.6) is 0 Å². The Morgan fingerprint density at radius 1 is 1.47 bits per heavy atom. The third-order valence-corrected chi connectivity index (χ3v) is 3.38. The summed E-state index contributed by atoms with van der Waals surface area (Å²) < 4.78 is 0. The third-order valence-electron chi connectivity index (χ3n) is 3.38. The minimum absolute atomic E-state index is 0.0153. The number of carboxylic acids is 1. The first kappa shape index (κ1) is 13.4. The summed E-state index contributed by atoms with van der Waals surface area (Å²) in [5.74, 6) is -0.0696. The van der Waals surface area contributed by atoms with Crippen LogP contribution in [0.2, 0.25) is 0 Å². The highest BCUT2D eigenvalue weighted by atomic mass is 16.4. The molecule has 0 atom stereocenters. The minimum atomic E-state index is -0.879. The van der Waals surface area contributed by atoms with E-state index in [4.69, 9.17) is 5.11 Å². The number of imidazole rings is 1. The number of aliphatic carboxylic acids is 1. The van der Waals surface area contributed by atoms with E-state index in [0.29, 0.717) is 13.0 Å². The molecular formula is C12H18N4O3. The van der Waals surface area contributed by atoms with Gasteiger partial charge in [-0.15, -0.1) is 0 Å². The lowest BCUT2D eigenvalue weighted by molar-refractivity contribution is -0.139. The molecule has 0 aromatic carbocycles. The average Bonchev–Trinajstić information content (AvgIpc) is 2.78. The van der Waals surface area contributed by atoms with E-state index >= 15 is 0 Å². The molecule has 0 saturated heterocycles. The quantitative estimate of drug-likeness (QED) is 0.606. The van der Waals surface area contributed by atoms with Crippen LogP contribution in [0.4, 0.5) is 4.79 Å². The molecule has 1 aromatic rings. The average molecular weight is 266 g/mol. The summed E-state index contributed by atoms with van der Waals surface area (Å²) in [5.41, 5.74) is -0.555. The van der Waals surface area contributed by atoms with E-state index in [2.05, 4.69) is 20.6 Å². The molecule has 0 aliphatic heterocycles. The van der Waals surface area contributed by atoms with Gasteiger partial charge in [0, 0.05) is 25.4 Å². The first-order valence-corrected chi connectivity index (χ1v) is 6.36. The Bertz CT molecular complexity index is 440. The van der Waals surface area contributed by atoms with Crippen molar-refractivity contribution in [1.82, 2.24) is 20.6 Å². The summed E-state index contributed by atoms with van der Waals surface area (Å²) in [5, 5.41) is 14.3. The zero-order valence-corrected chi connectivity index (χ0v) is 10.6. The molecule has 0 radical (unpaired) electrons. The van der Waals surface area contributed by atoms with Gasteiger partial charge in [-0.1, -0.05) is 0 Å². The van der Waals surface area contributed by atoms with Crippen molar-refractivity contribution in [2.24, 2.45) is 0 Å². The molecule has 1 saturated carbocycles. The monoisotopic (exact) mass is 266 g/mol. The molecule has 2 amide bonds. The van der Waals surface area contributed by atoms with Crippen LogP contribution in [-0.2, 0) is 11.2 Å². The van der Waals surface area contributed by atoms with E-state index in [1.807, 2.05) is 0 Å². The molecule has 1 aliphatic carbocycles. The second-order valence-electron chi connectivity index (χ2n) is 4.87. The van der Waals surface area contributed by atoms with Gasteiger partial charge in [0.05, 0.1) is 12.0 Å². The number of H-pyrrole nitrogens is 1. The molecule has 1 fully saturated rings. The molecule has 0 spiro atoms. The van der Waals surface area contributed by atoms with Crippen molar-refractivity contribution in [3.63, 3.8) is 0 Å². The van der Waals surface area contributed by atoms with Gasteiger partial charge in [0.25, 0.3) is 0 Å². The summed E-state index contributed by atoms with van der Waals surface area (Å²) in [6.45, 7) is 0.461. The lowest BCUT2D eigenvalue weighted by Gasteiger charge is -2.41. The first-order valence-electron chi connectivity index (χ1n) is 6.36. The van der Waals surface area contributed by atoms with Gasteiger partial charge in [0.2, 0.25) is 0 Å². The third kappa shape index (κ3) is 3.70. The van der Waals surface area contributed by atoms with Crippen LogP contribution in [0, 0.1) is 0 Å². The van der Waals surface area contributed by atoms with Crippen molar-refractivity contribution in [3.05, 3.63) is 18.2 Å². The normalized spacial score (nSPS) is 16.4. The van der Waals surface area contributed by atoms with Gasteiger partial charge in [-0.3, -0.25) is 4.79 Å². The molecule has 7 heteroatoms. The summed E-state index contributed by atoms with van der Waals surface area (Å²) in [7, 11) is 0. The number of aromatic nitrogens is 2. The number of rotatable bonds is 6. The molecule has 19 heavy (non-hydrogen) atoms. The van der Waals surface area contributed by atoms with Crippen LogP contribution in [0.15, 0.2) is 12.4 Å². The van der Waals surface area contributed by atoms with Crippen molar-refractivity contribution in [1.29, 1.82) is 0 Å². The Labute approximate surface area is 110 Å². The van der Waals surface area contributed by atoms with E-state index in [1.54, 1.807) is 12.4 Å². The molecule has 2 rings (SSSR count). The Kier molecular flexibility index (Phi) is 4.03.